The zero-order chi connectivity index (χ0) is 27.7. The van der Waals surface area contributed by atoms with Crippen molar-refractivity contribution in [2.75, 3.05) is 5.32 Å². The van der Waals surface area contributed by atoms with Gasteiger partial charge in [-0.2, -0.15) is 0 Å². The normalized spacial score (nSPS) is 15.3. The van der Waals surface area contributed by atoms with Gasteiger partial charge in [0, 0.05) is 16.1 Å². The Balaban J connectivity index is 1.47. The fourth-order valence-electron chi connectivity index (χ4n) is 4.89. The van der Waals surface area contributed by atoms with Crippen LogP contribution in [0.25, 0.3) is 11.3 Å². The van der Waals surface area contributed by atoms with Crippen LogP contribution in [0.2, 0.25) is 5.02 Å². The van der Waals surface area contributed by atoms with Crippen molar-refractivity contribution in [3.63, 3.8) is 0 Å². The van der Waals surface area contributed by atoms with Gasteiger partial charge in [0.25, 0.3) is 5.91 Å². The van der Waals surface area contributed by atoms with Crippen LogP contribution in [0, 0.1) is 11.3 Å². The average Bonchev–Trinajstić information content (AvgIpc) is 3.51. The summed E-state index contributed by atoms with van der Waals surface area (Å²) in [6.07, 6.45) is 4.38. The standard InChI is InChI=1S/C31H29ClN2O4S/c1-31(2,3)19-10-12-22-26(16-19)39-29(27(22)28(35)34-20-7-5-4-6-8-20)33-17-21-11-14-25(38-21)23-15-18(30(36)37)9-13-24(23)32/h4-9,11,13-15,17,19H,10,12,16H2,1-3H3,(H,34,35)(H,36,37)/t19-/m0/s1. The van der Waals surface area contributed by atoms with E-state index in [4.69, 9.17) is 21.0 Å². The number of para-hydroxylation sites is 1. The molecule has 200 valence electrons. The number of carboxylic acids is 1. The summed E-state index contributed by atoms with van der Waals surface area (Å²) in [4.78, 5) is 30.8. The lowest BCUT2D eigenvalue weighted by Crippen LogP contribution is -2.27. The van der Waals surface area contributed by atoms with Crippen molar-refractivity contribution in [1.82, 2.24) is 0 Å². The smallest absolute Gasteiger partial charge is 0.335 e. The number of amides is 1. The number of benzene rings is 2. The molecule has 0 unspecified atom stereocenters. The molecule has 2 aromatic carbocycles. The average molecular weight is 561 g/mol. The number of carbonyl (C=O) groups excluding carboxylic acids is 1. The van der Waals surface area contributed by atoms with Gasteiger partial charge >= 0.3 is 5.97 Å². The quantitative estimate of drug-likeness (QED) is 0.231. The molecular formula is C31H29ClN2O4S. The summed E-state index contributed by atoms with van der Waals surface area (Å²) in [6.45, 7) is 6.81. The number of hydrogen-bond donors (Lipinski definition) is 2. The summed E-state index contributed by atoms with van der Waals surface area (Å²) in [5.41, 5.74) is 3.22. The van der Waals surface area contributed by atoms with E-state index in [1.165, 1.54) is 23.1 Å². The third kappa shape index (κ3) is 5.84. The first kappa shape index (κ1) is 26.9. The molecule has 2 heterocycles. The van der Waals surface area contributed by atoms with Crippen molar-refractivity contribution in [2.45, 2.75) is 40.0 Å². The van der Waals surface area contributed by atoms with Crippen LogP contribution >= 0.6 is 22.9 Å². The van der Waals surface area contributed by atoms with Crippen LogP contribution < -0.4 is 5.32 Å². The summed E-state index contributed by atoms with van der Waals surface area (Å²) in [7, 11) is 0. The van der Waals surface area contributed by atoms with E-state index < -0.39 is 5.97 Å². The number of anilines is 1. The van der Waals surface area contributed by atoms with Gasteiger partial charge in [-0.3, -0.25) is 4.79 Å². The van der Waals surface area contributed by atoms with Crippen molar-refractivity contribution in [1.29, 1.82) is 0 Å². The first-order valence-electron chi connectivity index (χ1n) is 12.8. The first-order chi connectivity index (χ1) is 18.6. The Bertz CT molecular complexity index is 1560. The van der Waals surface area contributed by atoms with Gasteiger partial charge in [0.1, 0.15) is 16.5 Å². The Hall–Kier alpha value is -3.68. The molecule has 0 radical (unpaired) electrons. The third-order valence-electron chi connectivity index (χ3n) is 7.14. The maximum Gasteiger partial charge on any atom is 0.335 e. The number of nitrogens with zero attached hydrogens (tertiary/aromatic N) is 1. The molecule has 5 rings (SSSR count). The van der Waals surface area contributed by atoms with Gasteiger partial charge in [-0.1, -0.05) is 50.6 Å². The number of nitrogens with one attached hydrogen (secondary N) is 1. The van der Waals surface area contributed by atoms with Crippen molar-refractivity contribution >= 4 is 51.7 Å². The molecule has 0 aliphatic heterocycles. The monoisotopic (exact) mass is 560 g/mol. The van der Waals surface area contributed by atoms with Crippen LogP contribution in [0.15, 0.2) is 70.1 Å². The maximum absolute atomic E-state index is 13.5. The number of fused-ring (bicyclic) bond motifs is 1. The van der Waals surface area contributed by atoms with Crippen LogP contribution in [-0.4, -0.2) is 23.2 Å². The minimum absolute atomic E-state index is 0.118. The van der Waals surface area contributed by atoms with Crippen LogP contribution in [0.1, 0.15) is 64.1 Å². The maximum atomic E-state index is 13.5. The Morgan fingerprint density at radius 1 is 1.13 bits per heavy atom. The van der Waals surface area contributed by atoms with Crippen LogP contribution in [0.4, 0.5) is 10.7 Å². The van der Waals surface area contributed by atoms with Gasteiger partial charge < -0.3 is 14.8 Å². The minimum atomic E-state index is -1.04. The summed E-state index contributed by atoms with van der Waals surface area (Å²) in [5, 5.41) is 13.4. The molecule has 6 nitrogen and oxygen atoms in total. The van der Waals surface area contributed by atoms with E-state index in [1.807, 2.05) is 30.3 Å². The molecule has 39 heavy (non-hydrogen) atoms. The first-order valence-corrected chi connectivity index (χ1v) is 14.0. The lowest BCUT2D eigenvalue weighted by Gasteiger charge is -2.33. The van der Waals surface area contributed by atoms with Crippen LogP contribution in [0.3, 0.4) is 0 Å². The second kappa shape index (κ2) is 10.8. The molecule has 0 saturated heterocycles. The molecule has 1 amide bonds. The van der Waals surface area contributed by atoms with Crippen molar-refractivity contribution in [2.24, 2.45) is 16.3 Å². The molecule has 8 heteroatoms. The van der Waals surface area contributed by atoms with Crippen molar-refractivity contribution < 1.29 is 19.1 Å². The Labute approximate surface area is 236 Å². The number of aromatic carboxylic acids is 1. The fourth-order valence-corrected chi connectivity index (χ4v) is 6.37. The van der Waals surface area contributed by atoms with Gasteiger partial charge in [-0.25, -0.2) is 9.79 Å². The topological polar surface area (TPSA) is 91.9 Å². The highest BCUT2D eigenvalue weighted by Crippen LogP contribution is 2.45. The molecule has 0 bridgehead atoms. The number of furan rings is 1. The summed E-state index contributed by atoms with van der Waals surface area (Å²) < 4.78 is 5.94. The van der Waals surface area contributed by atoms with E-state index in [9.17, 15) is 14.7 Å². The number of hydrogen-bond acceptors (Lipinski definition) is 5. The molecule has 0 saturated carbocycles. The van der Waals surface area contributed by atoms with E-state index in [0.29, 0.717) is 38.6 Å². The molecule has 0 fully saturated rings. The fraction of sp³-hybridized carbons (Fsp3) is 0.258. The molecule has 1 aliphatic rings. The number of rotatable bonds is 6. The molecule has 1 aliphatic carbocycles. The van der Waals surface area contributed by atoms with E-state index in [0.717, 1.165) is 30.5 Å². The lowest BCUT2D eigenvalue weighted by molar-refractivity contribution is 0.0696. The Morgan fingerprint density at radius 2 is 1.90 bits per heavy atom. The van der Waals surface area contributed by atoms with Crippen molar-refractivity contribution in [3.8, 4) is 11.3 Å². The number of thiophene rings is 1. The van der Waals surface area contributed by atoms with Gasteiger partial charge in [-0.05, 0) is 78.6 Å². The molecule has 2 N–H and O–H groups in total. The Kier molecular flexibility index (Phi) is 7.47. The van der Waals surface area contributed by atoms with E-state index >= 15 is 0 Å². The zero-order valence-electron chi connectivity index (χ0n) is 22.0. The van der Waals surface area contributed by atoms with Gasteiger partial charge in [0.2, 0.25) is 0 Å². The molecule has 1 atom stereocenters. The largest absolute Gasteiger partial charge is 0.478 e. The SMILES string of the molecule is CC(C)(C)[C@H]1CCc2c(sc(N=Cc3ccc(-c4cc(C(=O)O)ccc4Cl)o3)c2C(=O)Nc2ccccc2)C1. The number of carboxylic acid groups (broad SMARTS) is 1. The highest BCUT2D eigenvalue weighted by Gasteiger charge is 2.33. The second-order valence-corrected chi connectivity index (χ2v) is 12.3. The van der Waals surface area contributed by atoms with Gasteiger partial charge in [0.15, 0.2) is 0 Å². The summed E-state index contributed by atoms with van der Waals surface area (Å²) in [5.74, 6) is 0.222. The predicted molar refractivity (Wildman–Crippen MR) is 157 cm³/mol. The predicted octanol–water partition coefficient (Wildman–Crippen LogP) is 8.51. The van der Waals surface area contributed by atoms with Crippen molar-refractivity contribution in [3.05, 3.63) is 93.0 Å². The Morgan fingerprint density at radius 3 is 2.62 bits per heavy atom. The molecule has 0 spiro atoms. The highest BCUT2D eigenvalue weighted by atomic mass is 35.5. The van der Waals surface area contributed by atoms with Gasteiger partial charge in [-0.15, -0.1) is 11.3 Å². The molecule has 4 aromatic rings. The zero-order valence-corrected chi connectivity index (χ0v) is 23.5. The number of carbonyl (C=O) groups is 2. The second-order valence-electron chi connectivity index (χ2n) is 10.8. The van der Waals surface area contributed by atoms with Crippen LogP contribution in [-0.2, 0) is 12.8 Å². The molecular weight excluding hydrogens is 532 g/mol. The highest BCUT2D eigenvalue weighted by molar-refractivity contribution is 7.16. The number of aliphatic imine (C=N–C) groups is 1. The summed E-state index contributed by atoms with van der Waals surface area (Å²) >= 11 is 7.88. The molecule has 2 aromatic heterocycles. The van der Waals surface area contributed by atoms with Gasteiger partial charge in [0.05, 0.1) is 22.4 Å². The van der Waals surface area contributed by atoms with E-state index in [2.05, 4.69) is 26.1 Å². The van der Waals surface area contributed by atoms with Crippen LogP contribution in [0.5, 0.6) is 0 Å². The minimum Gasteiger partial charge on any atom is -0.478 e. The van der Waals surface area contributed by atoms with E-state index in [-0.39, 0.29) is 16.9 Å². The third-order valence-corrected chi connectivity index (χ3v) is 8.64. The lowest BCUT2D eigenvalue weighted by atomic mass is 9.72. The van der Waals surface area contributed by atoms with E-state index in [1.54, 1.807) is 29.7 Å². The summed E-state index contributed by atoms with van der Waals surface area (Å²) in [6, 6.07) is 17.4. The number of halogens is 1.